The molecule has 2 amide bonds. The largest absolute Gasteiger partial charge is 0.397 e. The number of pyridine rings is 1. The van der Waals surface area contributed by atoms with Crippen LogP contribution in [0.25, 0.3) is 18.2 Å². The van der Waals surface area contributed by atoms with Gasteiger partial charge in [0.25, 0.3) is 0 Å². The summed E-state index contributed by atoms with van der Waals surface area (Å²) in [7, 11) is 0. The lowest BCUT2D eigenvalue weighted by Gasteiger charge is -2.05. The summed E-state index contributed by atoms with van der Waals surface area (Å²) in [6.07, 6.45) is 8.13. The summed E-state index contributed by atoms with van der Waals surface area (Å²) >= 11 is 0. The zero-order valence-corrected chi connectivity index (χ0v) is 15.9. The molecule has 0 radical (unpaired) electrons. The minimum absolute atomic E-state index is 0.212. The van der Waals surface area contributed by atoms with Crippen LogP contribution in [0.3, 0.4) is 0 Å². The molecule has 0 spiro atoms. The molecule has 1 heterocycles. The Kier molecular flexibility index (Phi) is 6.34. The molecule has 3 aromatic rings. The van der Waals surface area contributed by atoms with Crippen LogP contribution in [-0.4, -0.2) is 16.8 Å². The van der Waals surface area contributed by atoms with Crippen molar-refractivity contribution in [3.05, 3.63) is 95.1 Å². The highest BCUT2D eigenvalue weighted by molar-refractivity contribution is 6.03. The fraction of sp³-hybridized carbons (Fsp3) is 0. The van der Waals surface area contributed by atoms with Crippen LogP contribution in [-0.2, 0) is 4.79 Å². The van der Waals surface area contributed by atoms with E-state index in [0.717, 1.165) is 11.6 Å². The van der Waals surface area contributed by atoms with Gasteiger partial charge in [0.1, 0.15) is 5.82 Å². The fourth-order valence-electron chi connectivity index (χ4n) is 2.57. The Bertz CT molecular complexity index is 1140. The number of carbonyl (C=O) groups is 2. The second-order valence-corrected chi connectivity index (χ2v) is 6.39. The van der Waals surface area contributed by atoms with E-state index in [2.05, 4.69) is 10.3 Å². The molecule has 0 aliphatic rings. The van der Waals surface area contributed by atoms with Gasteiger partial charge in [-0.2, -0.15) is 0 Å². The molecular weight excluding hydrogens is 383 g/mol. The number of nitrogen functional groups attached to an aromatic ring is 1. The first kappa shape index (κ1) is 20.5. The smallest absolute Gasteiger partial charge is 0.248 e. The molecule has 1 aromatic heterocycles. The number of amides is 2. The van der Waals surface area contributed by atoms with E-state index in [0.29, 0.717) is 16.8 Å². The van der Waals surface area contributed by atoms with E-state index < -0.39 is 17.6 Å². The van der Waals surface area contributed by atoms with Gasteiger partial charge in [-0.25, -0.2) is 4.39 Å². The quantitative estimate of drug-likeness (QED) is 0.431. The molecule has 0 bridgehead atoms. The Hall–Kier alpha value is -4.26. The second kappa shape index (κ2) is 9.29. The highest BCUT2D eigenvalue weighted by Crippen LogP contribution is 2.19. The fourth-order valence-corrected chi connectivity index (χ4v) is 2.57. The minimum atomic E-state index is -0.488. The summed E-state index contributed by atoms with van der Waals surface area (Å²) in [5.41, 5.74) is 14.2. The van der Waals surface area contributed by atoms with Gasteiger partial charge in [-0.15, -0.1) is 0 Å². The van der Waals surface area contributed by atoms with E-state index in [1.807, 2.05) is 12.1 Å². The third kappa shape index (κ3) is 5.62. The number of benzene rings is 2. The highest BCUT2D eigenvalue weighted by atomic mass is 19.1. The summed E-state index contributed by atoms with van der Waals surface area (Å²) in [5.74, 6) is -1.41. The monoisotopic (exact) mass is 402 g/mol. The van der Waals surface area contributed by atoms with Crippen molar-refractivity contribution in [1.29, 1.82) is 0 Å². The van der Waals surface area contributed by atoms with E-state index in [9.17, 15) is 14.0 Å². The number of anilines is 2. The molecule has 6 nitrogen and oxygen atoms in total. The Morgan fingerprint density at radius 1 is 0.967 bits per heavy atom. The molecule has 0 saturated heterocycles. The Morgan fingerprint density at radius 3 is 2.53 bits per heavy atom. The Balaban J connectivity index is 1.62. The van der Waals surface area contributed by atoms with Gasteiger partial charge in [0.2, 0.25) is 11.8 Å². The third-order valence-corrected chi connectivity index (χ3v) is 4.13. The Labute approximate surface area is 172 Å². The molecule has 3 rings (SSSR count). The van der Waals surface area contributed by atoms with E-state index in [4.69, 9.17) is 11.5 Å². The number of halogens is 1. The number of hydrogen-bond acceptors (Lipinski definition) is 4. The van der Waals surface area contributed by atoms with Crippen LogP contribution in [0.5, 0.6) is 0 Å². The third-order valence-electron chi connectivity index (χ3n) is 4.13. The van der Waals surface area contributed by atoms with Gasteiger partial charge in [-0.05, 0) is 59.7 Å². The molecule has 2 aromatic carbocycles. The van der Waals surface area contributed by atoms with Gasteiger partial charge in [0.15, 0.2) is 0 Å². The number of nitrogens with two attached hydrogens (primary N) is 2. The predicted octanol–water partition coefficient (Wildman–Crippen LogP) is 3.72. The number of aromatic nitrogens is 1. The molecule has 0 atom stereocenters. The summed E-state index contributed by atoms with van der Waals surface area (Å²) in [6, 6.07) is 14.3. The lowest BCUT2D eigenvalue weighted by molar-refractivity contribution is -0.111. The molecule has 0 fully saturated rings. The van der Waals surface area contributed by atoms with Crippen molar-refractivity contribution in [2.75, 3.05) is 11.1 Å². The first-order valence-electron chi connectivity index (χ1n) is 8.99. The molecule has 0 saturated carbocycles. The van der Waals surface area contributed by atoms with E-state index in [-0.39, 0.29) is 11.4 Å². The van der Waals surface area contributed by atoms with Crippen molar-refractivity contribution in [2.24, 2.45) is 5.73 Å². The minimum Gasteiger partial charge on any atom is -0.397 e. The highest BCUT2D eigenvalue weighted by Gasteiger charge is 2.04. The van der Waals surface area contributed by atoms with Gasteiger partial charge in [0.05, 0.1) is 17.1 Å². The van der Waals surface area contributed by atoms with Gasteiger partial charge in [-0.3, -0.25) is 14.6 Å². The van der Waals surface area contributed by atoms with E-state index in [1.165, 1.54) is 18.2 Å². The number of rotatable bonds is 6. The zero-order chi connectivity index (χ0) is 21.5. The number of carbonyl (C=O) groups excluding carboxylic acids is 2. The molecule has 0 unspecified atom stereocenters. The standard InChI is InChI=1S/C23H19FN4O2/c24-18-7-10-20(25)21(13-18)28-22(29)11-6-16-5-9-19(27-14-16)8-4-15-2-1-3-17(12-15)23(26)30/h1-14H,25H2,(H2,26,30)(H,28,29)/b8-4+,11-6+. The van der Waals surface area contributed by atoms with Crippen LogP contribution in [0.15, 0.2) is 66.9 Å². The predicted molar refractivity (Wildman–Crippen MR) is 117 cm³/mol. The number of nitrogens with zero attached hydrogens (tertiary/aromatic N) is 1. The maximum Gasteiger partial charge on any atom is 0.248 e. The van der Waals surface area contributed by atoms with Crippen molar-refractivity contribution in [2.45, 2.75) is 0 Å². The second-order valence-electron chi connectivity index (χ2n) is 6.39. The van der Waals surface area contributed by atoms with Crippen molar-refractivity contribution >= 4 is 41.4 Å². The van der Waals surface area contributed by atoms with Crippen molar-refractivity contribution < 1.29 is 14.0 Å². The average Bonchev–Trinajstić information content (AvgIpc) is 2.74. The SMILES string of the molecule is NC(=O)c1cccc(/C=C/c2ccc(/C=C/C(=O)Nc3cc(F)ccc3N)cn2)c1. The first-order chi connectivity index (χ1) is 14.4. The Morgan fingerprint density at radius 2 is 1.80 bits per heavy atom. The summed E-state index contributed by atoms with van der Waals surface area (Å²) in [6.45, 7) is 0. The van der Waals surface area contributed by atoms with Gasteiger partial charge in [-0.1, -0.05) is 24.3 Å². The van der Waals surface area contributed by atoms with Gasteiger partial charge in [0, 0.05) is 17.8 Å². The molecule has 0 aliphatic heterocycles. The molecule has 30 heavy (non-hydrogen) atoms. The molecule has 5 N–H and O–H groups in total. The molecular formula is C23H19FN4O2. The van der Waals surface area contributed by atoms with Crippen LogP contribution in [0.1, 0.15) is 27.2 Å². The molecule has 0 aliphatic carbocycles. The zero-order valence-electron chi connectivity index (χ0n) is 15.9. The summed E-state index contributed by atoms with van der Waals surface area (Å²) in [5, 5.41) is 2.53. The van der Waals surface area contributed by atoms with Crippen LogP contribution >= 0.6 is 0 Å². The maximum absolute atomic E-state index is 13.3. The molecule has 150 valence electrons. The van der Waals surface area contributed by atoms with E-state index >= 15 is 0 Å². The van der Waals surface area contributed by atoms with E-state index in [1.54, 1.807) is 48.7 Å². The lowest BCUT2D eigenvalue weighted by atomic mass is 10.1. The van der Waals surface area contributed by atoms with Gasteiger partial charge >= 0.3 is 0 Å². The number of primary amides is 1. The van der Waals surface area contributed by atoms with Crippen molar-refractivity contribution in [3.8, 4) is 0 Å². The summed E-state index contributed by atoms with van der Waals surface area (Å²) in [4.78, 5) is 27.6. The van der Waals surface area contributed by atoms with Gasteiger partial charge < -0.3 is 16.8 Å². The molecule has 7 heteroatoms. The van der Waals surface area contributed by atoms with Crippen LogP contribution in [0, 0.1) is 5.82 Å². The lowest BCUT2D eigenvalue weighted by Crippen LogP contribution is -2.10. The number of hydrogen-bond donors (Lipinski definition) is 3. The van der Waals surface area contributed by atoms with Crippen LogP contribution < -0.4 is 16.8 Å². The summed E-state index contributed by atoms with van der Waals surface area (Å²) < 4.78 is 13.3. The average molecular weight is 402 g/mol. The van der Waals surface area contributed by atoms with Crippen molar-refractivity contribution in [1.82, 2.24) is 4.98 Å². The van der Waals surface area contributed by atoms with Crippen molar-refractivity contribution in [3.63, 3.8) is 0 Å². The van der Waals surface area contributed by atoms with Crippen LogP contribution in [0.2, 0.25) is 0 Å². The maximum atomic E-state index is 13.3. The normalized spacial score (nSPS) is 11.1. The van der Waals surface area contributed by atoms with Crippen LogP contribution in [0.4, 0.5) is 15.8 Å². The topological polar surface area (TPSA) is 111 Å². The first-order valence-corrected chi connectivity index (χ1v) is 8.99. The number of nitrogens with one attached hydrogen (secondary N) is 1.